The van der Waals surface area contributed by atoms with Gasteiger partial charge in [0, 0.05) is 12.6 Å². The average molecular weight is 531 g/mol. The standard InChI is InChI=1S/C14H23N5O13P2/c15-6(13(23)24)1-2-9(20)18-33(26,27)32-34(28,29)30-5-7-10(21)11(22)12(31-7)19-4-3-8(16)17-14(19)25/h3-4,6-7,10-12,21-22H,1-2,5,15H2,(H,23,24)(H,28,29)(H2,16,17,25)(H2,18,20,26,27)/t6-,7+,10+,11+,12+/m0/s1. The molecule has 1 amide bonds. The summed E-state index contributed by atoms with van der Waals surface area (Å²) in [6.45, 7) is -0.957. The van der Waals surface area contributed by atoms with E-state index < -0.39 is 83.2 Å². The number of carboxylic acids is 1. The van der Waals surface area contributed by atoms with E-state index in [9.17, 15) is 43.5 Å². The molecule has 2 heterocycles. The van der Waals surface area contributed by atoms with Crippen LogP contribution in [0.5, 0.6) is 0 Å². The van der Waals surface area contributed by atoms with Crippen molar-refractivity contribution in [2.24, 2.45) is 5.73 Å². The molecule has 1 saturated heterocycles. The summed E-state index contributed by atoms with van der Waals surface area (Å²) in [5.41, 5.74) is 9.63. The highest BCUT2D eigenvalue weighted by Crippen LogP contribution is 2.58. The molecular formula is C14H23N5O13P2. The first-order valence-corrected chi connectivity index (χ1v) is 12.4. The van der Waals surface area contributed by atoms with E-state index in [-0.39, 0.29) is 5.82 Å². The number of hydrogen-bond acceptors (Lipinski definition) is 13. The van der Waals surface area contributed by atoms with Gasteiger partial charge in [0.2, 0.25) is 5.91 Å². The number of amides is 1. The topological polar surface area (TPSA) is 296 Å². The van der Waals surface area contributed by atoms with Crippen molar-refractivity contribution in [3.05, 3.63) is 22.7 Å². The molecule has 10 N–H and O–H groups in total. The third-order valence-electron chi connectivity index (χ3n) is 4.34. The molecule has 1 aromatic rings. The summed E-state index contributed by atoms with van der Waals surface area (Å²) < 4.78 is 38.5. The number of carboxylic acid groups (broad SMARTS) is 1. The number of anilines is 1. The number of rotatable bonds is 11. The van der Waals surface area contributed by atoms with E-state index in [1.165, 1.54) is 11.2 Å². The Morgan fingerprint density at radius 1 is 1.29 bits per heavy atom. The molecule has 0 aromatic carbocycles. The Morgan fingerprint density at radius 3 is 2.53 bits per heavy atom. The number of nitrogens with two attached hydrogens (primary N) is 2. The number of aliphatic carboxylic acids is 1. The molecule has 1 aliphatic rings. The highest BCUT2D eigenvalue weighted by atomic mass is 31.3. The quantitative estimate of drug-likeness (QED) is 0.132. The maximum atomic E-state index is 12.0. The van der Waals surface area contributed by atoms with Gasteiger partial charge >= 0.3 is 27.2 Å². The minimum atomic E-state index is -5.35. The van der Waals surface area contributed by atoms with Crippen molar-refractivity contribution >= 4 is 33.3 Å². The predicted molar refractivity (Wildman–Crippen MR) is 109 cm³/mol. The number of nitrogen functional groups attached to an aromatic ring is 1. The number of carbonyl (C=O) groups excluding carboxylic acids is 1. The van der Waals surface area contributed by atoms with Gasteiger partial charge < -0.3 is 41.3 Å². The van der Waals surface area contributed by atoms with E-state index in [0.29, 0.717) is 0 Å². The maximum absolute atomic E-state index is 12.0. The molecule has 192 valence electrons. The summed E-state index contributed by atoms with van der Waals surface area (Å²) in [6, 6.07) is -0.208. The summed E-state index contributed by atoms with van der Waals surface area (Å²) in [7, 11) is -10.6. The van der Waals surface area contributed by atoms with Gasteiger partial charge in [-0.05, 0) is 12.5 Å². The van der Waals surface area contributed by atoms with E-state index in [1.807, 2.05) is 0 Å². The SMILES string of the molecule is Nc1ccn([C@@H]2O[C@H](COP(=O)(O)OP(=O)(O)NC(=O)CC[C@H](N)C(=O)O)[C@@H](O)[C@H]2O)c(=O)n1. The maximum Gasteiger partial charge on any atom is 0.480 e. The van der Waals surface area contributed by atoms with Gasteiger partial charge in [-0.3, -0.25) is 23.8 Å². The number of aliphatic hydroxyl groups excluding tert-OH is 2. The lowest BCUT2D eigenvalue weighted by Gasteiger charge is -2.19. The minimum absolute atomic E-state index is 0.113. The molecule has 0 spiro atoms. The number of carbonyl (C=O) groups is 2. The van der Waals surface area contributed by atoms with Crippen molar-refractivity contribution in [1.82, 2.24) is 14.6 Å². The molecule has 0 saturated carbocycles. The van der Waals surface area contributed by atoms with Crippen LogP contribution >= 0.6 is 15.6 Å². The second kappa shape index (κ2) is 11.0. The minimum Gasteiger partial charge on any atom is -0.480 e. The van der Waals surface area contributed by atoms with Crippen LogP contribution in [0.4, 0.5) is 5.82 Å². The van der Waals surface area contributed by atoms with Crippen molar-refractivity contribution < 1.29 is 57.4 Å². The Bertz CT molecular complexity index is 1070. The third kappa shape index (κ3) is 7.64. The van der Waals surface area contributed by atoms with Crippen molar-refractivity contribution in [3.8, 4) is 0 Å². The molecule has 0 bridgehead atoms. The van der Waals surface area contributed by atoms with Crippen LogP contribution in [0.1, 0.15) is 19.1 Å². The molecule has 18 nitrogen and oxygen atoms in total. The number of nitrogens with zero attached hydrogens (tertiary/aromatic N) is 2. The molecule has 1 aliphatic heterocycles. The summed E-state index contributed by atoms with van der Waals surface area (Å²) >= 11 is 0. The van der Waals surface area contributed by atoms with Crippen LogP contribution in [0.2, 0.25) is 0 Å². The van der Waals surface area contributed by atoms with Crippen LogP contribution in [0.3, 0.4) is 0 Å². The molecule has 0 aliphatic carbocycles. The second-order valence-electron chi connectivity index (χ2n) is 6.97. The van der Waals surface area contributed by atoms with Gasteiger partial charge in [0.15, 0.2) is 6.23 Å². The lowest BCUT2D eigenvalue weighted by Crippen LogP contribution is -2.36. The molecule has 34 heavy (non-hydrogen) atoms. The average Bonchev–Trinajstić information content (AvgIpc) is 2.97. The molecule has 0 radical (unpaired) electrons. The van der Waals surface area contributed by atoms with Crippen LogP contribution in [0.25, 0.3) is 0 Å². The van der Waals surface area contributed by atoms with Gasteiger partial charge in [-0.2, -0.15) is 9.29 Å². The summed E-state index contributed by atoms with van der Waals surface area (Å²) in [6.07, 6.45) is -6.28. The number of phosphoric ester groups is 1. The van der Waals surface area contributed by atoms with Crippen molar-refractivity contribution in [3.63, 3.8) is 0 Å². The largest absolute Gasteiger partial charge is 0.480 e. The number of aromatic nitrogens is 2. The number of phosphoric acid groups is 1. The molecule has 1 aromatic heterocycles. The van der Waals surface area contributed by atoms with Gasteiger partial charge in [0.1, 0.15) is 30.2 Å². The van der Waals surface area contributed by atoms with Gasteiger partial charge in [-0.1, -0.05) is 0 Å². The first-order valence-electron chi connectivity index (χ1n) is 9.29. The lowest BCUT2D eigenvalue weighted by atomic mass is 10.1. The lowest BCUT2D eigenvalue weighted by molar-refractivity contribution is -0.138. The van der Waals surface area contributed by atoms with E-state index in [1.54, 1.807) is 0 Å². The Balaban J connectivity index is 1.94. The van der Waals surface area contributed by atoms with Crippen molar-refractivity contribution in [2.45, 2.75) is 43.4 Å². The van der Waals surface area contributed by atoms with E-state index in [4.69, 9.17) is 21.3 Å². The van der Waals surface area contributed by atoms with Gasteiger partial charge in [0.25, 0.3) is 0 Å². The van der Waals surface area contributed by atoms with Gasteiger partial charge in [-0.25, -0.2) is 13.9 Å². The van der Waals surface area contributed by atoms with E-state index >= 15 is 0 Å². The molecule has 2 rings (SSSR count). The second-order valence-corrected chi connectivity index (χ2v) is 10.1. The normalized spacial score (nSPS) is 26.9. The van der Waals surface area contributed by atoms with E-state index in [0.717, 1.165) is 10.8 Å². The molecule has 1 fully saturated rings. The smallest absolute Gasteiger partial charge is 0.480 e. The first-order chi connectivity index (χ1) is 15.6. The first kappa shape index (κ1) is 28.0. The van der Waals surface area contributed by atoms with Gasteiger partial charge in [-0.15, -0.1) is 0 Å². The highest BCUT2D eigenvalue weighted by Gasteiger charge is 2.46. The zero-order chi connectivity index (χ0) is 25.8. The summed E-state index contributed by atoms with van der Waals surface area (Å²) in [5.74, 6) is -2.73. The van der Waals surface area contributed by atoms with Crippen molar-refractivity contribution in [1.29, 1.82) is 0 Å². The van der Waals surface area contributed by atoms with Crippen LogP contribution in [0.15, 0.2) is 17.1 Å². The third-order valence-corrected chi connectivity index (χ3v) is 7.06. The fraction of sp³-hybridized carbons (Fsp3) is 0.571. The number of ether oxygens (including phenoxy) is 1. The van der Waals surface area contributed by atoms with Gasteiger partial charge in [0.05, 0.1) is 6.61 Å². The molecule has 2 unspecified atom stereocenters. The Hall–Kier alpha value is -2.24. The Labute approximate surface area is 190 Å². The molecule has 20 heteroatoms. The summed E-state index contributed by atoms with van der Waals surface area (Å²) in [4.78, 5) is 56.8. The fourth-order valence-electron chi connectivity index (χ4n) is 2.69. The molecular weight excluding hydrogens is 508 g/mol. The van der Waals surface area contributed by atoms with Crippen molar-refractivity contribution in [2.75, 3.05) is 12.3 Å². The monoisotopic (exact) mass is 531 g/mol. The summed E-state index contributed by atoms with van der Waals surface area (Å²) in [5, 5.41) is 30.2. The Morgan fingerprint density at radius 2 is 1.94 bits per heavy atom. The number of hydrogen-bond donors (Lipinski definition) is 8. The van der Waals surface area contributed by atoms with E-state index in [2.05, 4.69) is 13.8 Å². The molecule has 7 atom stereocenters. The van der Waals surface area contributed by atoms with Crippen LogP contribution in [-0.2, 0) is 32.3 Å². The zero-order valence-corrected chi connectivity index (χ0v) is 18.9. The number of aliphatic hydroxyl groups is 2. The number of nitrogens with one attached hydrogen (secondary N) is 1. The fourth-order valence-corrected chi connectivity index (χ4v) is 4.92. The highest BCUT2D eigenvalue weighted by molar-refractivity contribution is 7.63. The van der Waals surface area contributed by atoms with Crippen LogP contribution in [0, 0.1) is 0 Å². The predicted octanol–water partition coefficient (Wildman–Crippen LogP) is -3.01. The van der Waals surface area contributed by atoms with Crippen LogP contribution < -0.4 is 22.2 Å². The van der Waals surface area contributed by atoms with Crippen LogP contribution in [-0.4, -0.2) is 77.5 Å². The zero-order valence-electron chi connectivity index (χ0n) is 17.1. The Kier molecular flexibility index (Phi) is 9.06.